The highest BCUT2D eigenvalue weighted by Gasteiger charge is 2.31. The van der Waals surface area contributed by atoms with E-state index in [0.29, 0.717) is 12.1 Å². The number of nitrogens with zero attached hydrogens (tertiary/aromatic N) is 2. The molecule has 4 rings (SSSR count). The molecule has 0 amide bonds. The summed E-state index contributed by atoms with van der Waals surface area (Å²) in [5.74, 6) is -0.149. The molecule has 0 fully saturated rings. The van der Waals surface area contributed by atoms with E-state index in [9.17, 15) is 4.39 Å². The molecule has 3 heteroatoms. The second-order valence-corrected chi connectivity index (χ2v) is 7.30. The number of halogens is 1. The molecule has 25 heavy (non-hydrogen) atoms. The van der Waals surface area contributed by atoms with Crippen LogP contribution >= 0.6 is 0 Å². The zero-order valence-electron chi connectivity index (χ0n) is 15.2. The molecular formula is C22H25FN2. The van der Waals surface area contributed by atoms with Gasteiger partial charge in [0.2, 0.25) is 0 Å². The SMILES string of the molecule is CC1Cc2c(c3cc(F)ccc3n2CCc2ccccc2)C(C)N1C. The maximum absolute atomic E-state index is 13.9. The van der Waals surface area contributed by atoms with Crippen LogP contribution in [0, 0.1) is 5.82 Å². The summed E-state index contributed by atoms with van der Waals surface area (Å²) in [7, 11) is 2.17. The van der Waals surface area contributed by atoms with Gasteiger partial charge in [-0.3, -0.25) is 4.90 Å². The molecule has 1 aromatic heterocycles. The lowest BCUT2D eigenvalue weighted by atomic mass is 9.93. The Hall–Kier alpha value is -2.13. The maximum Gasteiger partial charge on any atom is 0.123 e. The molecule has 0 radical (unpaired) electrons. The average molecular weight is 336 g/mol. The largest absolute Gasteiger partial charge is 0.344 e. The van der Waals surface area contributed by atoms with Gasteiger partial charge in [-0.25, -0.2) is 4.39 Å². The number of hydrogen-bond donors (Lipinski definition) is 0. The van der Waals surface area contributed by atoms with E-state index in [-0.39, 0.29) is 5.82 Å². The average Bonchev–Trinajstić information content (AvgIpc) is 2.91. The smallest absolute Gasteiger partial charge is 0.123 e. The Bertz CT molecular complexity index is 897. The van der Waals surface area contributed by atoms with Crippen molar-refractivity contribution < 1.29 is 4.39 Å². The third-order valence-corrected chi connectivity index (χ3v) is 5.86. The van der Waals surface area contributed by atoms with Crippen LogP contribution in [-0.4, -0.2) is 22.6 Å². The number of likely N-dealkylation sites (N-methyl/N-ethyl adjacent to an activating group) is 1. The van der Waals surface area contributed by atoms with Crippen LogP contribution in [0.2, 0.25) is 0 Å². The molecule has 0 saturated carbocycles. The Morgan fingerprint density at radius 2 is 1.84 bits per heavy atom. The van der Waals surface area contributed by atoms with Gasteiger partial charge < -0.3 is 4.57 Å². The van der Waals surface area contributed by atoms with E-state index >= 15 is 0 Å². The molecule has 0 spiro atoms. The van der Waals surface area contributed by atoms with Crippen LogP contribution in [0.15, 0.2) is 48.5 Å². The molecule has 0 saturated heterocycles. The molecule has 2 aromatic carbocycles. The molecule has 1 aliphatic rings. The van der Waals surface area contributed by atoms with E-state index in [0.717, 1.165) is 30.3 Å². The lowest BCUT2D eigenvalue weighted by molar-refractivity contribution is 0.177. The zero-order valence-corrected chi connectivity index (χ0v) is 15.2. The Kier molecular flexibility index (Phi) is 4.12. The topological polar surface area (TPSA) is 8.17 Å². The van der Waals surface area contributed by atoms with Crippen LogP contribution in [-0.2, 0) is 19.4 Å². The first kappa shape index (κ1) is 16.3. The minimum atomic E-state index is -0.149. The lowest BCUT2D eigenvalue weighted by Gasteiger charge is -2.36. The highest BCUT2D eigenvalue weighted by atomic mass is 19.1. The molecule has 3 aromatic rings. The Morgan fingerprint density at radius 3 is 2.60 bits per heavy atom. The van der Waals surface area contributed by atoms with Gasteiger partial charge in [0.1, 0.15) is 5.82 Å². The molecule has 130 valence electrons. The lowest BCUT2D eigenvalue weighted by Crippen LogP contribution is -2.38. The summed E-state index contributed by atoms with van der Waals surface area (Å²) < 4.78 is 16.4. The summed E-state index contributed by atoms with van der Waals surface area (Å²) in [6.45, 7) is 5.45. The van der Waals surface area contributed by atoms with Crippen molar-refractivity contribution >= 4 is 10.9 Å². The molecule has 2 nitrogen and oxygen atoms in total. The van der Waals surface area contributed by atoms with Crippen LogP contribution in [0.25, 0.3) is 10.9 Å². The van der Waals surface area contributed by atoms with Gasteiger partial charge in [0.05, 0.1) is 0 Å². The first-order chi connectivity index (χ1) is 12.1. The summed E-state index contributed by atoms with van der Waals surface area (Å²) >= 11 is 0. The van der Waals surface area contributed by atoms with Gasteiger partial charge in [-0.05, 0) is 56.6 Å². The fourth-order valence-electron chi connectivity index (χ4n) is 4.24. The normalized spacial score (nSPS) is 20.8. The van der Waals surface area contributed by atoms with Gasteiger partial charge in [0.15, 0.2) is 0 Å². The minimum absolute atomic E-state index is 0.149. The fourth-order valence-corrected chi connectivity index (χ4v) is 4.24. The maximum atomic E-state index is 13.9. The fraction of sp³-hybridized carbons (Fsp3) is 0.364. The molecule has 0 aliphatic carbocycles. The van der Waals surface area contributed by atoms with Gasteiger partial charge >= 0.3 is 0 Å². The summed E-state index contributed by atoms with van der Waals surface area (Å²) in [6, 6.07) is 16.6. The van der Waals surface area contributed by atoms with Gasteiger partial charge in [-0.2, -0.15) is 0 Å². The predicted molar refractivity (Wildman–Crippen MR) is 101 cm³/mol. The van der Waals surface area contributed by atoms with Crippen molar-refractivity contribution in [3.63, 3.8) is 0 Å². The minimum Gasteiger partial charge on any atom is -0.344 e. The zero-order chi connectivity index (χ0) is 17.6. The third kappa shape index (κ3) is 2.77. The highest BCUT2D eigenvalue weighted by molar-refractivity contribution is 5.86. The van der Waals surface area contributed by atoms with Crippen LogP contribution in [0.4, 0.5) is 4.39 Å². The quantitative estimate of drug-likeness (QED) is 0.656. The number of aromatic nitrogens is 1. The van der Waals surface area contributed by atoms with E-state index in [1.54, 1.807) is 12.1 Å². The monoisotopic (exact) mass is 336 g/mol. The molecule has 0 bridgehead atoms. The number of rotatable bonds is 3. The van der Waals surface area contributed by atoms with Crippen LogP contribution in [0.5, 0.6) is 0 Å². The van der Waals surface area contributed by atoms with Crippen molar-refractivity contribution in [2.24, 2.45) is 0 Å². The number of fused-ring (bicyclic) bond motifs is 3. The van der Waals surface area contributed by atoms with E-state index in [1.165, 1.54) is 16.8 Å². The highest BCUT2D eigenvalue weighted by Crippen LogP contribution is 2.39. The van der Waals surface area contributed by atoms with Crippen LogP contribution in [0.1, 0.15) is 36.7 Å². The molecule has 2 heterocycles. The van der Waals surface area contributed by atoms with Crippen molar-refractivity contribution in [1.29, 1.82) is 0 Å². The predicted octanol–water partition coefficient (Wildman–Crippen LogP) is 4.96. The van der Waals surface area contributed by atoms with Crippen molar-refractivity contribution in [2.75, 3.05) is 7.05 Å². The standard InChI is InChI=1S/C22H25FN2/c1-15-13-21-22(16(2)24(15)3)19-14-18(23)9-10-20(19)25(21)12-11-17-7-5-4-6-8-17/h4-10,14-16H,11-13H2,1-3H3. The molecular weight excluding hydrogens is 311 g/mol. The van der Waals surface area contributed by atoms with Crippen molar-refractivity contribution in [3.8, 4) is 0 Å². The molecule has 2 unspecified atom stereocenters. The van der Waals surface area contributed by atoms with Gasteiger partial charge in [-0.1, -0.05) is 30.3 Å². The number of benzene rings is 2. The van der Waals surface area contributed by atoms with Gasteiger partial charge in [-0.15, -0.1) is 0 Å². The van der Waals surface area contributed by atoms with Crippen molar-refractivity contribution in [3.05, 3.63) is 71.2 Å². The first-order valence-electron chi connectivity index (χ1n) is 9.12. The van der Waals surface area contributed by atoms with E-state index in [4.69, 9.17) is 0 Å². The molecule has 1 aliphatic heterocycles. The second-order valence-electron chi connectivity index (χ2n) is 7.30. The van der Waals surface area contributed by atoms with Gasteiger partial charge in [0, 0.05) is 41.6 Å². The van der Waals surface area contributed by atoms with Crippen molar-refractivity contribution in [2.45, 2.75) is 45.3 Å². The summed E-state index contributed by atoms with van der Waals surface area (Å²) in [5, 5.41) is 1.08. The summed E-state index contributed by atoms with van der Waals surface area (Å²) in [4.78, 5) is 2.40. The Labute approximate surface area is 148 Å². The van der Waals surface area contributed by atoms with Gasteiger partial charge in [0.25, 0.3) is 0 Å². The first-order valence-corrected chi connectivity index (χ1v) is 9.12. The van der Waals surface area contributed by atoms with Crippen LogP contribution in [0.3, 0.4) is 0 Å². The van der Waals surface area contributed by atoms with Crippen LogP contribution < -0.4 is 0 Å². The summed E-state index contributed by atoms with van der Waals surface area (Å²) in [6.07, 6.45) is 2.01. The Balaban J connectivity index is 1.82. The van der Waals surface area contributed by atoms with E-state index in [2.05, 4.69) is 60.7 Å². The Morgan fingerprint density at radius 1 is 1.08 bits per heavy atom. The molecule has 2 atom stereocenters. The number of aryl methyl sites for hydroxylation is 2. The second kappa shape index (κ2) is 6.30. The third-order valence-electron chi connectivity index (χ3n) is 5.86. The summed E-state index contributed by atoms with van der Waals surface area (Å²) in [5.41, 5.74) is 5.20. The van der Waals surface area contributed by atoms with E-state index < -0.39 is 0 Å². The molecule has 0 N–H and O–H groups in total. The van der Waals surface area contributed by atoms with Crippen molar-refractivity contribution in [1.82, 2.24) is 9.47 Å². The number of hydrogen-bond acceptors (Lipinski definition) is 1. The van der Waals surface area contributed by atoms with E-state index in [1.807, 2.05) is 6.07 Å².